The lowest BCUT2D eigenvalue weighted by Crippen LogP contribution is -2.34. The van der Waals surface area contributed by atoms with Crippen molar-refractivity contribution in [3.63, 3.8) is 0 Å². The molecule has 0 spiro atoms. The molecule has 1 atom stereocenters. The van der Waals surface area contributed by atoms with Gasteiger partial charge >= 0.3 is 5.97 Å². The highest BCUT2D eigenvalue weighted by Crippen LogP contribution is 2.35. The Bertz CT molecular complexity index is 1040. The summed E-state index contributed by atoms with van der Waals surface area (Å²) in [6.45, 7) is 1.52. The molecule has 0 amide bonds. The fourth-order valence-corrected chi connectivity index (χ4v) is 4.05. The average Bonchev–Trinajstić information content (AvgIpc) is 3.42. The number of anilines is 1. The van der Waals surface area contributed by atoms with E-state index < -0.39 is 5.97 Å². The molecule has 0 saturated carbocycles. The third-order valence-corrected chi connectivity index (χ3v) is 5.55. The highest BCUT2D eigenvalue weighted by Gasteiger charge is 2.27. The van der Waals surface area contributed by atoms with E-state index in [2.05, 4.69) is 9.88 Å². The number of aliphatic carboxylic acids is 1. The van der Waals surface area contributed by atoms with Crippen LogP contribution in [0.3, 0.4) is 0 Å². The van der Waals surface area contributed by atoms with Crippen LogP contribution in [-0.2, 0) is 9.53 Å². The first-order chi connectivity index (χ1) is 14.6. The van der Waals surface area contributed by atoms with Crippen LogP contribution >= 0.6 is 11.6 Å². The van der Waals surface area contributed by atoms with Gasteiger partial charge in [-0.3, -0.25) is 4.79 Å². The van der Waals surface area contributed by atoms with Gasteiger partial charge in [-0.1, -0.05) is 11.6 Å². The number of methoxy groups -OCH3 is 1. The molecule has 1 fully saturated rings. The van der Waals surface area contributed by atoms with Crippen molar-refractivity contribution in [1.82, 2.24) is 14.5 Å². The quantitative estimate of drug-likeness (QED) is 0.546. The molecular formula is C21H23ClN4O4. The molecule has 1 aromatic carbocycles. The number of pyridine rings is 1. The number of nitrogens with zero attached hydrogens (tertiary/aromatic N) is 4. The summed E-state index contributed by atoms with van der Waals surface area (Å²) < 4.78 is 12.9. The molecule has 0 aliphatic carbocycles. The molecule has 0 radical (unpaired) electrons. The van der Waals surface area contributed by atoms with Crippen LogP contribution in [0.4, 0.5) is 5.82 Å². The zero-order valence-electron chi connectivity index (χ0n) is 16.6. The van der Waals surface area contributed by atoms with Gasteiger partial charge in [-0.2, -0.15) is 0 Å². The number of hydrogen-bond donors (Lipinski definition) is 1. The number of aromatic nitrogens is 3. The maximum Gasteiger partial charge on any atom is 0.305 e. The van der Waals surface area contributed by atoms with Crippen molar-refractivity contribution in [1.29, 1.82) is 0 Å². The SMILES string of the molecule is COc1cc(Cl)c2nc(N3CCC[C@H]3COCCC(=O)O)cc(-n3ccnc3)c2c1. The summed E-state index contributed by atoms with van der Waals surface area (Å²) in [5.41, 5.74) is 1.60. The molecule has 1 N–H and O–H groups in total. The van der Waals surface area contributed by atoms with Crippen molar-refractivity contribution in [3.8, 4) is 11.4 Å². The molecule has 1 aliphatic rings. The number of imidazole rings is 1. The molecule has 0 unspecified atom stereocenters. The van der Waals surface area contributed by atoms with Gasteiger partial charge in [0.15, 0.2) is 0 Å². The topological polar surface area (TPSA) is 89.7 Å². The molecule has 1 saturated heterocycles. The Kier molecular flexibility index (Phi) is 6.06. The number of halogens is 1. The fourth-order valence-electron chi connectivity index (χ4n) is 3.80. The number of carbonyl (C=O) groups is 1. The molecule has 158 valence electrons. The molecule has 9 heteroatoms. The third-order valence-electron chi connectivity index (χ3n) is 5.27. The highest BCUT2D eigenvalue weighted by molar-refractivity contribution is 6.35. The first-order valence-corrected chi connectivity index (χ1v) is 10.2. The number of carboxylic acids is 1. The number of fused-ring (bicyclic) bond motifs is 1. The molecule has 3 aromatic rings. The smallest absolute Gasteiger partial charge is 0.305 e. The fraction of sp³-hybridized carbons (Fsp3) is 0.381. The lowest BCUT2D eigenvalue weighted by molar-refractivity contribution is -0.138. The van der Waals surface area contributed by atoms with Gasteiger partial charge in [-0.05, 0) is 18.9 Å². The molecule has 8 nitrogen and oxygen atoms in total. The molecule has 1 aliphatic heterocycles. The summed E-state index contributed by atoms with van der Waals surface area (Å²) in [5.74, 6) is 0.612. The Balaban J connectivity index is 1.70. The van der Waals surface area contributed by atoms with E-state index in [1.165, 1.54) is 0 Å². The van der Waals surface area contributed by atoms with E-state index >= 15 is 0 Å². The van der Waals surface area contributed by atoms with Gasteiger partial charge in [-0.25, -0.2) is 9.97 Å². The van der Waals surface area contributed by atoms with Crippen LogP contribution in [0.2, 0.25) is 5.02 Å². The molecule has 4 rings (SSSR count). The number of hydrogen-bond acceptors (Lipinski definition) is 6. The summed E-state index contributed by atoms with van der Waals surface area (Å²) in [4.78, 5) is 22.0. The van der Waals surface area contributed by atoms with Gasteiger partial charge in [0.25, 0.3) is 0 Å². The minimum Gasteiger partial charge on any atom is -0.497 e. The van der Waals surface area contributed by atoms with Crippen molar-refractivity contribution in [2.75, 3.05) is 31.8 Å². The lowest BCUT2D eigenvalue weighted by atomic mass is 10.1. The van der Waals surface area contributed by atoms with Crippen LogP contribution in [0.5, 0.6) is 5.75 Å². The molecule has 3 heterocycles. The predicted octanol–water partition coefficient (Wildman–Crippen LogP) is 3.54. The predicted molar refractivity (Wildman–Crippen MR) is 114 cm³/mol. The normalized spacial score (nSPS) is 16.3. The number of ether oxygens (including phenoxy) is 2. The van der Waals surface area contributed by atoms with Crippen molar-refractivity contribution in [3.05, 3.63) is 41.9 Å². The molecule has 0 bridgehead atoms. The van der Waals surface area contributed by atoms with Crippen LogP contribution < -0.4 is 9.64 Å². The van der Waals surface area contributed by atoms with E-state index in [-0.39, 0.29) is 19.1 Å². The van der Waals surface area contributed by atoms with Crippen LogP contribution in [0.15, 0.2) is 36.9 Å². The first-order valence-electron chi connectivity index (χ1n) is 9.79. The minimum absolute atomic E-state index is 0.00314. The first kappa shape index (κ1) is 20.4. The minimum atomic E-state index is -0.857. The van der Waals surface area contributed by atoms with E-state index in [1.54, 1.807) is 25.7 Å². The van der Waals surface area contributed by atoms with Gasteiger partial charge in [0.2, 0.25) is 0 Å². The van der Waals surface area contributed by atoms with Gasteiger partial charge < -0.3 is 24.0 Å². The Morgan fingerprint density at radius 1 is 1.37 bits per heavy atom. The number of benzene rings is 1. The summed E-state index contributed by atoms with van der Waals surface area (Å²) in [6, 6.07) is 5.84. The Labute approximate surface area is 179 Å². The van der Waals surface area contributed by atoms with Crippen molar-refractivity contribution < 1.29 is 19.4 Å². The Morgan fingerprint density at radius 3 is 2.97 bits per heavy atom. The second-order valence-corrected chi connectivity index (χ2v) is 7.59. The second kappa shape index (κ2) is 8.89. The highest BCUT2D eigenvalue weighted by atomic mass is 35.5. The average molecular weight is 431 g/mol. The van der Waals surface area contributed by atoms with Crippen molar-refractivity contribution in [2.45, 2.75) is 25.3 Å². The van der Waals surface area contributed by atoms with Crippen LogP contribution in [0.1, 0.15) is 19.3 Å². The zero-order chi connectivity index (χ0) is 21.1. The summed E-state index contributed by atoms with van der Waals surface area (Å²) in [5, 5.41) is 10.2. The van der Waals surface area contributed by atoms with Crippen LogP contribution in [-0.4, -0.2) is 58.5 Å². The zero-order valence-corrected chi connectivity index (χ0v) is 17.4. The third kappa shape index (κ3) is 4.20. The van der Waals surface area contributed by atoms with Crippen molar-refractivity contribution >= 4 is 34.3 Å². The largest absolute Gasteiger partial charge is 0.497 e. The van der Waals surface area contributed by atoms with Crippen LogP contribution in [0.25, 0.3) is 16.6 Å². The van der Waals surface area contributed by atoms with E-state index in [9.17, 15) is 4.79 Å². The van der Waals surface area contributed by atoms with E-state index in [4.69, 9.17) is 31.2 Å². The molecule has 2 aromatic heterocycles. The van der Waals surface area contributed by atoms with Crippen LogP contribution in [0, 0.1) is 0 Å². The summed E-state index contributed by atoms with van der Waals surface area (Å²) >= 11 is 6.56. The second-order valence-electron chi connectivity index (χ2n) is 7.18. The van der Waals surface area contributed by atoms with Gasteiger partial charge in [-0.15, -0.1) is 0 Å². The summed E-state index contributed by atoms with van der Waals surface area (Å²) in [6.07, 6.45) is 7.32. The number of carboxylic acid groups (broad SMARTS) is 1. The number of rotatable bonds is 8. The maximum atomic E-state index is 10.7. The maximum absolute atomic E-state index is 10.7. The Hall–Kier alpha value is -2.84. The molecular weight excluding hydrogens is 408 g/mol. The van der Waals surface area contributed by atoms with E-state index in [1.807, 2.05) is 22.9 Å². The lowest BCUT2D eigenvalue weighted by Gasteiger charge is -2.27. The molecule has 30 heavy (non-hydrogen) atoms. The van der Waals surface area contributed by atoms with Gasteiger partial charge in [0.05, 0.1) is 55.3 Å². The Morgan fingerprint density at radius 2 is 2.23 bits per heavy atom. The van der Waals surface area contributed by atoms with Gasteiger partial charge in [0.1, 0.15) is 11.6 Å². The summed E-state index contributed by atoms with van der Waals surface area (Å²) in [7, 11) is 1.61. The van der Waals surface area contributed by atoms with Crippen molar-refractivity contribution in [2.24, 2.45) is 0 Å². The van der Waals surface area contributed by atoms with Gasteiger partial charge in [0, 0.05) is 36.5 Å². The van der Waals surface area contributed by atoms with E-state index in [0.29, 0.717) is 22.9 Å². The monoisotopic (exact) mass is 430 g/mol. The standard InChI is InChI=1S/C21H23ClN4O4/c1-29-15-9-16-18(25-7-5-23-13-25)11-19(24-21(16)17(22)10-15)26-6-2-3-14(26)12-30-8-4-20(27)28/h5,7,9-11,13-14H,2-4,6,8,12H2,1H3,(H,27,28)/t14-/m0/s1. The van der Waals surface area contributed by atoms with E-state index in [0.717, 1.165) is 36.3 Å².